The Balaban J connectivity index is 1.24. The third kappa shape index (κ3) is 5.60. The van der Waals surface area contributed by atoms with Crippen LogP contribution in [0.25, 0.3) is 105 Å². The highest BCUT2D eigenvalue weighted by Gasteiger charge is 2.22. The minimum atomic E-state index is 0.701. The van der Waals surface area contributed by atoms with Crippen LogP contribution in [0.5, 0.6) is 0 Å². The lowest BCUT2D eigenvalue weighted by atomic mass is 9.92. The van der Waals surface area contributed by atoms with Crippen LogP contribution < -0.4 is 0 Å². The van der Waals surface area contributed by atoms with Crippen molar-refractivity contribution in [2.75, 3.05) is 0 Å². The van der Waals surface area contributed by atoms with E-state index in [4.69, 9.17) is 9.97 Å². The monoisotopic (exact) mass is 725 g/mol. The summed E-state index contributed by atoms with van der Waals surface area (Å²) in [7, 11) is 0. The SMILES string of the molecule is c1ccc(-c2cc(-c3cccc(-n4c5cc(-c6ccccc6)c6ccccc6c5c5c6ccccc6c(-c6ccccc6)cc54)c3)nc(-c3ccccc3)n2)cc1. The van der Waals surface area contributed by atoms with Crippen molar-refractivity contribution in [2.45, 2.75) is 0 Å². The molecule has 0 N–H and O–H groups in total. The summed E-state index contributed by atoms with van der Waals surface area (Å²) in [5.41, 5.74) is 13.0. The number of nitrogens with zero attached hydrogens (tertiary/aromatic N) is 3. The standard InChI is InChI=1S/C54H35N3/c1-5-18-36(19-6-1)46-33-50-52(44-30-15-13-28-42(44)46)53-45-31-16-14-29-43(45)47(37-20-7-2-8-21-37)34-51(53)57(50)41-27-17-26-40(32-41)49-35-48(38-22-9-3-10-23-38)55-54(56-49)39-24-11-4-12-25-39/h1-35H. The molecule has 3 nitrogen and oxygen atoms in total. The van der Waals surface area contributed by atoms with Gasteiger partial charge in [0.05, 0.1) is 22.4 Å². The van der Waals surface area contributed by atoms with Crippen LogP contribution in [0.4, 0.5) is 0 Å². The minimum Gasteiger partial charge on any atom is -0.309 e. The molecule has 0 aliphatic heterocycles. The van der Waals surface area contributed by atoms with E-state index < -0.39 is 0 Å². The lowest BCUT2D eigenvalue weighted by Crippen LogP contribution is -1.98. The number of hydrogen-bond donors (Lipinski definition) is 0. The molecule has 0 atom stereocenters. The summed E-state index contributed by atoms with van der Waals surface area (Å²) in [5.74, 6) is 0.701. The molecule has 11 rings (SSSR count). The molecular weight excluding hydrogens is 691 g/mol. The average molecular weight is 726 g/mol. The van der Waals surface area contributed by atoms with Crippen LogP contribution in [-0.4, -0.2) is 14.5 Å². The van der Waals surface area contributed by atoms with Gasteiger partial charge < -0.3 is 4.57 Å². The fourth-order valence-electron chi connectivity index (χ4n) is 8.59. The highest BCUT2D eigenvalue weighted by atomic mass is 15.0. The minimum absolute atomic E-state index is 0.701. The van der Waals surface area contributed by atoms with E-state index in [2.05, 4.69) is 193 Å². The van der Waals surface area contributed by atoms with E-state index in [1.165, 1.54) is 54.6 Å². The first-order valence-electron chi connectivity index (χ1n) is 19.4. The van der Waals surface area contributed by atoms with E-state index in [-0.39, 0.29) is 0 Å². The van der Waals surface area contributed by atoms with E-state index in [9.17, 15) is 0 Å². The maximum atomic E-state index is 5.22. The van der Waals surface area contributed by atoms with Gasteiger partial charge in [-0.2, -0.15) is 0 Å². The maximum Gasteiger partial charge on any atom is 0.160 e. The van der Waals surface area contributed by atoms with Crippen LogP contribution in [-0.2, 0) is 0 Å². The van der Waals surface area contributed by atoms with Gasteiger partial charge in [0.15, 0.2) is 5.82 Å². The molecule has 57 heavy (non-hydrogen) atoms. The molecule has 0 amide bonds. The van der Waals surface area contributed by atoms with E-state index in [1.54, 1.807) is 0 Å². The molecule has 0 aliphatic carbocycles. The van der Waals surface area contributed by atoms with Gasteiger partial charge in [0.2, 0.25) is 0 Å². The normalized spacial score (nSPS) is 11.5. The molecule has 0 radical (unpaired) electrons. The van der Waals surface area contributed by atoms with Gasteiger partial charge in [-0.3, -0.25) is 0 Å². The van der Waals surface area contributed by atoms with Crippen LogP contribution >= 0.6 is 0 Å². The number of hydrogen-bond acceptors (Lipinski definition) is 2. The lowest BCUT2D eigenvalue weighted by Gasteiger charge is -2.14. The predicted octanol–water partition coefficient (Wildman–Crippen LogP) is 14.2. The fraction of sp³-hybridized carbons (Fsp3) is 0. The Bertz CT molecular complexity index is 3070. The first kappa shape index (κ1) is 32.8. The lowest BCUT2D eigenvalue weighted by molar-refractivity contribution is 1.16. The topological polar surface area (TPSA) is 30.7 Å². The molecule has 266 valence electrons. The Kier molecular flexibility index (Phi) is 7.82. The molecule has 3 heteroatoms. The molecule has 2 heterocycles. The van der Waals surface area contributed by atoms with Crippen molar-refractivity contribution in [3.63, 3.8) is 0 Å². The molecule has 0 bridgehead atoms. The van der Waals surface area contributed by atoms with Crippen LogP contribution in [0.15, 0.2) is 212 Å². The van der Waals surface area contributed by atoms with Crippen molar-refractivity contribution in [3.05, 3.63) is 212 Å². The van der Waals surface area contributed by atoms with Crippen LogP contribution in [0.1, 0.15) is 0 Å². The molecule has 9 aromatic carbocycles. The van der Waals surface area contributed by atoms with Crippen molar-refractivity contribution < 1.29 is 0 Å². The van der Waals surface area contributed by atoms with Crippen LogP contribution in [0.2, 0.25) is 0 Å². The second-order valence-corrected chi connectivity index (χ2v) is 14.5. The van der Waals surface area contributed by atoms with E-state index >= 15 is 0 Å². The van der Waals surface area contributed by atoms with Crippen molar-refractivity contribution in [1.82, 2.24) is 14.5 Å². The van der Waals surface area contributed by atoms with Gasteiger partial charge in [-0.1, -0.05) is 182 Å². The van der Waals surface area contributed by atoms with Crippen LogP contribution in [0.3, 0.4) is 0 Å². The first-order valence-corrected chi connectivity index (χ1v) is 19.4. The number of aromatic nitrogens is 3. The zero-order valence-corrected chi connectivity index (χ0v) is 31.0. The van der Waals surface area contributed by atoms with E-state index in [0.29, 0.717) is 5.82 Å². The zero-order valence-electron chi connectivity index (χ0n) is 31.0. The van der Waals surface area contributed by atoms with Crippen molar-refractivity contribution in [2.24, 2.45) is 0 Å². The van der Waals surface area contributed by atoms with Gasteiger partial charge in [-0.05, 0) is 74.1 Å². The number of benzene rings is 9. The molecular formula is C54H35N3. The number of fused-ring (bicyclic) bond motifs is 7. The molecule has 0 saturated carbocycles. The largest absolute Gasteiger partial charge is 0.309 e. The Morgan fingerprint density at radius 2 is 0.702 bits per heavy atom. The maximum absolute atomic E-state index is 5.22. The summed E-state index contributed by atoms with van der Waals surface area (Å²) in [6, 6.07) is 75.7. The van der Waals surface area contributed by atoms with E-state index in [0.717, 1.165) is 44.8 Å². The Labute approximate surface area is 330 Å². The molecule has 0 spiro atoms. The Morgan fingerprint density at radius 1 is 0.298 bits per heavy atom. The second-order valence-electron chi connectivity index (χ2n) is 14.5. The summed E-state index contributed by atoms with van der Waals surface area (Å²) >= 11 is 0. The van der Waals surface area contributed by atoms with Crippen LogP contribution in [0, 0.1) is 0 Å². The Hall–Kier alpha value is -7.62. The zero-order chi connectivity index (χ0) is 37.7. The van der Waals surface area contributed by atoms with Gasteiger partial charge in [0.25, 0.3) is 0 Å². The summed E-state index contributed by atoms with van der Waals surface area (Å²) in [6.45, 7) is 0. The number of rotatable bonds is 6. The molecule has 0 aliphatic rings. The second kappa shape index (κ2) is 13.6. The highest BCUT2D eigenvalue weighted by molar-refractivity contribution is 6.31. The van der Waals surface area contributed by atoms with Crippen molar-refractivity contribution in [3.8, 4) is 61.8 Å². The molecule has 0 unspecified atom stereocenters. The van der Waals surface area contributed by atoms with Gasteiger partial charge >= 0.3 is 0 Å². The van der Waals surface area contributed by atoms with Crippen molar-refractivity contribution in [1.29, 1.82) is 0 Å². The highest BCUT2D eigenvalue weighted by Crippen LogP contribution is 2.46. The average Bonchev–Trinajstić information content (AvgIpc) is 3.64. The quantitative estimate of drug-likeness (QED) is 0.171. The van der Waals surface area contributed by atoms with Gasteiger partial charge in [0, 0.05) is 33.2 Å². The molecule has 0 fully saturated rings. The van der Waals surface area contributed by atoms with Gasteiger partial charge in [0.1, 0.15) is 0 Å². The molecule has 0 saturated heterocycles. The summed E-state index contributed by atoms with van der Waals surface area (Å²) < 4.78 is 2.48. The van der Waals surface area contributed by atoms with E-state index in [1.807, 2.05) is 24.3 Å². The van der Waals surface area contributed by atoms with Crippen molar-refractivity contribution >= 4 is 43.4 Å². The summed E-state index contributed by atoms with van der Waals surface area (Å²) in [6.07, 6.45) is 0. The third-order valence-corrected chi connectivity index (χ3v) is 11.2. The van der Waals surface area contributed by atoms with Gasteiger partial charge in [-0.25, -0.2) is 9.97 Å². The molecule has 2 aromatic heterocycles. The smallest absolute Gasteiger partial charge is 0.160 e. The Morgan fingerprint density at radius 3 is 1.21 bits per heavy atom. The fourth-order valence-corrected chi connectivity index (χ4v) is 8.59. The summed E-state index contributed by atoms with van der Waals surface area (Å²) in [4.78, 5) is 10.3. The van der Waals surface area contributed by atoms with Gasteiger partial charge in [-0.15, -0.1) is 0 Å². The summed E-state index contributed by atoms with van der Waals surface area (Å²) in [5, 5.41) is 7.46. The molecule has 11 aromatic rings. The first-order chi connectivity index (χ1) is 28.3. The third-order valence-electron chi connectivity index (χ3n) is 11.2. The predicted molar refractivity (Wildman–Crippen MR) is 239 cm³/mol.